The molecule has 0 spiro atoms. The van der Waals surface area contributed by atoms with Crippen molar-refractivity contribution in [2.45, 2.75) is 0 Å². The summed E-state index contributed by atoms with van der Waals surface area (Å²) in [7, 11) is 0. The fourth-order valence-corrected chi connectivity index (χ4v) is 1.64. The molecule has 0 saturated carbocycles. The molecule has 0 atom stereocenters. The van der Waals surface area contributed by atoms with Gasteiger partial charge in [0.15, 0.2) is 11.5 Å². The lowest BCUT2D eigenvalue weighted by Gasteiger charge is -2.21. The molecule has 0 saturated heterocycles. The van der Waals surface area contributed by atoms with Gasteiger partial charge >= 0.3 is 0 Å². The van der Waals surface area contributed by atoms with Gasteiger partial charge in [-0.3, -0.25) is 0 Å². The maximum absolute atomic E-state index is 13.4. The van der Waals surface area contributed by atoms with Crippen LogP contribution in [-0.4, -0.2) is 0 Å². The first-order chi connectivity index (χ1) is 8.99. The Bertz CT molecular complexity index is 699. The van der Waals surface area contributed by atoms with Crippen molar-refractivity contribution in [1.29, 1.82) is 0 Å². The number of benzene rings is 2. The van der Waals surface area contributed by atoms with Crippen LogP contribution in [0.3, 0.4) is 0 Å². The van der Waals surface area contributed by atoms with Gasteiger partial charge in [-0.25, -0.2) is 13.2 Å². The Hall–Kier alpha value is -2.31. The molecule has 0 aliphatic carbocycles. The Morgan fingerprint density at radius 2 is 1.16 bits per heavy atom. The van der Waals surface area contributed by atoms with Crippen molar-refractivity contribution in [3.63, 3.8) is 0 Å². The summed E-state index contributed by atoms with van der Waals surface area (Å²) in [5.41, 5.74) is 0. The minimum Gasteiger partial charge on any atom is -0.446 e. The molecule has 2 aromatic carbocycles. The molecule has 2 aromatic rings. The SMILES string of the molecule is Fc1ccc2c(c1)Oc1c(F)c(F)c(F)c(F)c1O2. The van der Waals surface area contributed by atoms with Crippen LogP contribution in [0.1, 0.15) is 0 Å². The van der Waals surface area contributed by atoms with E-state index in [0.29, 0.717) is 0 Å². The van der Waals surface area contributed by atoms with E-state index in [0.717, 1.165) is 18.2 Å². The molecule has 7 heteroatoms. The largest absolute Gasteiger partial charge is 0.446 e. The number of hydrogen-bond acceptors (Lipinski definition) is 2. The molecule has 1 aliphatic heterocycles. The smallest absolute Gasteiger partial charge is 0.212 e. The first kappa shape index (κ1) is 11.8. The molecule has 0 bridgehead atoms. The molecule has 0 fully saturated rings. The first-order valence-electron chi connectivity index (χ1n) is 5.00. The van der Waals surface area contributed by atoms with E-state index < -0.39 is 40.6 Å². The number of hydrogen-bond donors (Lipinski definition) is 0. The van der Waals surface area contributed by atoms with Gasteiger partial charge in [-0.1, -0.05) is 0 Å². The van der Waals surface area contributed by atoms with Crippen LogP contribution in [0.5, 0.6) is 23.0 Å². The third-order valence-electron chi connectivity index (χ3n) is 2.51. The average Bonchev–Trinajstić information content (AvgIpc) is 2.41. The van der Waals surface area contributed by atoms with Gasteiger partial charge in [0.25, 0.3) is 0 Å². The van der Waals surface area contributed by atoms with Gasteiger partial charge in [0.2, 0.25) is 34.8 Å². The van der Waals surface area contributed by atoms with E-state index in [9.17, 15) is 22.0 Å². The second kappa shape index (κ2) is 3.84. The lowest BCUT2D eigenvalue weighted by Crippen LogP contribution is -2.08. The fraction of sp³-hybridized carbons (Fsp3) is 0. The van der Waals surface area contributed by atoms with Crippen LogP contribution in [0, 0.1) is 29.1 Å². The van der Waals surface area contributed by atoms with Crippen molar-refractivity contribution in [2.24, 2.45) is 0 Å². The summed E-state index contributed by atoms with van der Waals surface area (Å²) < 4.78 is 75.6. The van der Waals surface area contributed by atoms with Crippen molar-refractivity contribution in [3.05, 3.63) is 47.3 Å². The second-order valence-electron chi connectivity index (χ2n) is 3.71. The van der Waals surface area contributed by atoms with Crippen molar-refractivity contribution < 1.29 is 31.4 Å². The van der Waals surface area contributed by atoms with Gasteiger partial charge in [0.05, 0.1) is 0 Å². The quantitative estimate of drug-likeness (QED) is 0.346. The zero-order chi connectivity index (χ0) is 13.7. The lowest BCUT2D eigenvalue weighted by atomic mass is 10.2. The van der Waals surface area contributed by atoms with E-state index >= 15 is 0 Å². The number of halogens is 5. The molecule has 1 aliphatic rings. The highest BCUT2D eigenvalue weighted by molar-refractivity contribution is 5.55. The van der Waals surface area contributed by atoms with E-state index in [1.807, 2.05) is 0 Å². The van der Waals surface area contributed by atoms with E-state index in [4.69, 9.17) is 9.47 Å². The highest BCUT2D eigenvalue weighted by Gasteiger charge is 2.32. The molecule has 0 amide bonds. The van der Waals surface area contributed by atoms with Crippen LogP contribution in [-0.2, 0) is 0 Å². The van der Waals surface area contributed by atoms with Gasteiger partial charge < -0.3 is 9.47 Å². The summed E-state index contributed by atoms with van der Waals surface area (Å²) >= 11 is 0. The zero-order valence-electron chi connectivity index (χ0n) is 8.94. The van der Waals surface area contributed by atoms with Gasteiger partial charge in [0.1, 0.15) is 5.82 Å². The van der Waals surface area contributed by atoms with Crippen molar-refractivity contribution in [3.8, 4) is 23.0 Å². The molecule has 3 rings (SSSR count). The molecule has 0 aromatic heterocycles. The van der Waals surface area contributed by atoms with Gasteiger partial charge in [0, 0.05) is 6.07 Å². The van der Waals surface area contributed by atoms with Crippen molar-refractivity contribution >= 4 is 0 Å². The number of rotatable bonds is 0. The average molecular weight is 274 g/mol. The predicted octanol–water partition coefficient (Wildman–Crippen LogP) is 4.28. The monoisotopic (exact) mass is 274 g/mol. The normalized spacial score (nSPS) is 12.3. The molecule has 2 nitrogen and oxygen atoms in total. The van der Waals surface area contributed by atoms with Crippen LogP contribution in [0.15, 0.2) is 18.2 Å². The van der Waals surface area contributed by atoms with Crippen LogP contribution in [0.4, 0.5) is 22.0 Å². The minimum absolute atomic E-state index is 0.141. The summed E-state index contributed by atoms with van der Waals surface area (Å²) in [4.78, 5) is 0. The van der Waals surface area contributed by atoms with E-state index in [1.54, 1.807) is 0 Å². The molecule has 1 heterocycles. The third kappa shape index (κ3) is 1.61. The minimum atomic E-state index is -2.03. The van der Waals surface area contributed by atoms with Crippen LogP contribution >= 0.6 is 0 Å². The van der Waals surface area contributed by atoms with Crippen LogP contribution in [0.2, 0.25) is 0 Å². The fourth-order valence-electron chi connectivity index (χ4n) is 1.64. The van der Waals surface area contributed by atoms with E-state index in [-0.39, 0.29) is 11.5 Å². The molecule has 98 valence electrons. The Morgan fingerprint density at radius 3 is 1.74 bits per heavy atom. The Labute approximate surface area is 103 Å². The molecule has 0 unspecified atom stereocenters. The number of ether oxygens (including phenoxy) is 2. The summed E-state index contributed by atoms with van der Waals surface area (Å²) in [6.07, 6.45) is 0. The zero-order valence-corrected chi connectivity index (χ0v) is 8.94. The van der Waals surface area contributed by atoms with Gasteiger partial charge in [-0.2, -0.15) is 8.78 Å². The topological polar surface area (TPSA) is 18.5 Å². The Balaban J connectivity index is 2.23. The summed E-state index contributed by atoms with van der Waals surface area (Å²) in [5.74, 6) is -10.5. The highest BCUT2D eigenvalue weighted by Crippen LogP contribution is 2.49. The molecule has 0 radical (unpaired) electrons. The maximum Gasteiger partial charge on any atom is 0.212 e. The third-order valence-corrected chi connectivity index (χ3v) is 2.51. The predicted molar refractivity (Wildman–Crippen MR) is 52.8 cm³/mol. The molecule has 0 N–H and O–H groups in total. The summed E-state index contributed by atoms with van der Waals surface area (Å²) in [6.45, 7) is 0. The van der Waals surface area contributed by atoms with E-state index in [2.05, 4.69) is 0 Å². The number of fused-ring (bicyclic) bond motifs is 2. The second-order valence-corrected chi connectivity index (χ2v) is 3.71. The Kier molecular flexibility index (Phi) is 2.38. The van der Waals surface area contributed by atoms with Crippen LogP contribution < -0.4 is 9.47 Å². The maximum atomic E-state index is 13.4. The first-order valence-corrected chi connectivity index (χ1v) is 5.00. The van der Waals surface area contributed by atoms with Gasteiger partial charge in [-0.15, -0.1) is 0 Å². The Morgan fingerprint density at radius 1 is 0.632 bits per heavy atom. The summed E-state index contributed by atoms with van der Waals surface area (Å²) in [6, 6.07) is 2.92. The van der Waals surface area contributed by atoms with Gasteiger partial charge in [-0.05, 0) is 12.1 Å². The summed E-state index contributed by atoms with van der Waals surface area (Å²) in [5, 5.41) is 0. The van der Waals surface area contributed by atoms with E-state index in [1.165, 1.54) is 0 Å². The molecular formula is C12H3F5O2. The van der Waals surface area contributed by atoms with Crippen molar-refractivity contribution in [1.82, 2.24) is 0 Å². The van der Waals surface area contributed by atoms with Crippen LogP contribution in [0.25, 0.3) is 0 Å². The molecular weight excluding hydrogens is 271 g/mol. The lowest BCUT2D eigenvalue weighted by molar-refractivity contribution is 0.297. The standard InChI is InChI=1S/C12H3F5O2/c13-4-1-2-5-6(3-4)19-12-10(17)8(15)7(14)9(16)11(12)18-5/h1-3H. The van der Waals surface area contributed by atoms with Crippen molar-refractivity contribution in [2.75, 3.05) is 0 Å². The molecule has 19 heavy (non-hydrogen) atoms. The highest BCUT2D eigenvalue weighted by atomic mass is 19.2.